The van der Waals surface area contributed by atoms with Crippen molar-refractivity contribution in [3.8, 4) is 0 Å². The molecule has 4 heteroatoms. The summed E-state index contributed by atoms with van der Waals surface area (Å²) >= 11 is 0. The van der Waals surface area contributed by atoms with E-state index in [1.54, 1.807) is 0 Å². The lowest BCUT2D eigenvalue weighted by Crippen LogP contribution is -2.67. The van der Waals surface area contributed by atoms with Crippen LogP contribution in [0.2, 0.25) is 0 Å². The predicted molar refractivity (Wildman–Crippen MR) is 134 cm³/mol. The maximum absolute atomic E-state index is 12.8. The summed E-state index contributed by atoms with van der Waals surface area (Å²) in [4.78, 5) is 12.8. The fraction of sp³-hybridized carbons (Fsp3) is 0.967. The van der Waals surface area contributed by atoms with Crippen molar-refractivity contribution in [2.24, 2.45) is 62.6 Å². The van der Waals surface area contributed by atoms with E-state index < -0.39 is 11.4 Å². The van der Waals surface area contributed by atoms with E-state index in [4.69, 9.17) is 0 Å². The van der Waals surface area contributed by atoms with E-state index in [0.29, 0.717) is 23.7 Å². The molecule has 5 aliphatic rings. The highest BCUT2D eigenvalue weighted by atomic mass is 16.4. The second-order valence-electron chi connectivity index (χ2n) is 14.9. The maximum Gasteiger partial charge on any atom is 0.309 e. The first-order chi connectivity index (χ1) is 15.8. The van der Waals surface area contributed by atoms with Gasteiger partial charge in [-0.3, -0.25) is 4.79 Å². The highest BCUT2D eigenvalue weighted by molar-refractivity contribution is 5.76. The van der Waals surface area contributed by atoms with Crippen LogP contribution < -0.4 is 0 Å². The molecule has 5 aliphatic carbocycles. The number of aliphatic carboxylic acids is 1. The molecule has 0 amide bonds. The molecule has 0 aromatic heterocycles. The van der Waals surface area contributed by atoms with Gasteiger partial charge in [0.2, 0.25) is 0 Å². The van der Waals surface area contributed by atoms with Crippen LogP contribution in [-0.2, 0) is 4.79 Å². The van der Waals surface area contributed by atoms with E-state index in [2.05, 4.69) is 41.5 Å². The van der Waals surface area contributed by atoms with E-state index in [1.807, 2.05) is 0 Å². The van der Waals surface area contributed by atoms with Crippen molar-refractivity contribution in [2.45, 2.75) is 112 Å². The Morgan fingerprint density at radius 3 is 2.21 bits per heavy atom. The van der Waals surface area contributed by atoms with Gasteiger partial charge in [-0.1, -0.05) is 41.5 Å². The fourth-order valence-electron chi connectivity index (χ4n) is 11.8. The molecule has 0 saturated heterocycles. The smallest absolute Gasteiger partial charge is 0.309 e. The Bertz CT molecular complexity index is 838. The van der Waals surface area contributed by atoms with E-state index in [-0.39, 0.29) is 46.2 Å². The Morgan fingerprint density at radius 2 is 1.56 bits per heavy atom. The number of rotatable bonds is 3. The van der Waals surface area contributed by atoms with Crippen molar-refractivity contribution in [1.29, 1.82) is 0 Å². The first kappa shape index (κ1) is 25.1. The summed E-state index contributed by atoms with van der Waals surface area (Å²) in [6.45, 7) is 14.6. The van der Waals surface area contributed by atoms with Gasteiger partial charge >= 0.3 is 5.97 Å². The van der Waals surface area contributed by atoms with E-state index >= 15 is 0 Å². The third-order valence-electron chi connectivity index (χ3n) is 13.9. The second kappa shape index (κ2) is 7.70. The van der Waals surface area contributed by atoms with E-state index in [9.17, 15) is 20.1 Å². The van der Waals surface area contributed by atoms with Gasteiger partial charge in [0.25, 0.3) is 0 Å². The molecule has 0 bridgehead atoms. The van der Waals surface area contributed by atoms with Gasteiger partial charge in [-0.15, -0.1) is 0 Å². The SMILES string of the molecule is CC(CO)[C@@H]1CC[C@]2(C(=O)O)CC[C@]3(C)[C@H](CC[C@@H]4[C@@]5(C)CC[C@H](O)C(C)(C)[C@@H]5CC[C@]43C)[C@@H]12. The molecule has 4 nitrogen and oxygen atoms in total. The molecule has 11 atom stereocenters. The molecule has 194 valence electrons. The van der Waals surface area contributed by atoms with Crippen molar-refractivity contribution >= 4 is 5.97 Å². The van der Waals surface area contributed by atoms with Gasteiger partial charge < -0.3 is 15.3 Å². The third kappa shape index (κ3) is 2.88. The number of carboxylic acids is 1. The molecule has 0 aromatic carbocycles. The topological polar surface area (TPSA) is 77.8 Å². The van der Waals surface area contributed by atoms with Crippen molar-refractivity contribution in [1.82, 2.24) is 0 Å². The number of aliphatic hydroxyl groups is 2. The quantitative estimate of drug-likeness (QED) is 0.459. The average molecular weight is 475 g/mol. The zero-order chi connectivity index (χ0) is 24.9. The van der Waals surface area contributed by atoms with Gasteiger partial charge in [0, 0.05) is 6.61 Å². The maximum atomic E-state index is 12.8. The van der Waals surface area contributed by atoms with Crippen molar-refractivity contribution in [3.63, 3.8) is 0 Å². The molecule has 3 N–H and O–H groups in total. The second-order valence-corrected chi connectivity index (χ2v) is 14.9. The van der Waals surface area contributed by atoms with Crippen LogP contribution in [0.3, 0.4) is 0 Å². The molecule has 5 rings (SSSR count). The summed E-state index contributed by atoms with van der Waals surface area (Å²) in [5.74, 6) is 1.74. The number of fused-ring (bicyclic) bond motifs is 7. The van der Waals surface area contributed by atoms with Gasteiger partial charge in [-0.05, 0) is 121 Å². The highest BCUT2D eigenvalue weighted by Gasteiger charge is 2.72. The average Bonchev–Trinajstić information content (AvgIpc) is 3.18. The number of aliphatic hydroxyl groups excluding tert-OH is 2. The third-order valence-corrected chi connectivity index (χ3v) is 13.9. The van der Waals surface area contributed by atoms with Gasteiger partial charge in [-0.25, -0.2) is 0 Å². The Kier molecular flexibility index (Phi) is 5.67. The Morgan fingerprint density at radius 1 is 0.853 bits per heavy atom. The largest absolute Gasteiger partial charge is 0.481 e. The number of carbonyl (C=O) groups is 1. The van der Waals surface area contributed by atoms with Crippen LogP contribution in [0.4, 0.5) is 0 Å². The summed E-state index contributed by atoms with van der Waals surface area (Å²) < 4.78 is 0. The fourth-order valence-corrected chi connectivity index (χ4v) is 11.8. The summed E-state index contributed by atoms with van der Waals surface area (Å²) in [7, 11) is 0. The number of carboxylic acid groups (broad SMARTS) is 1. The first-order valence-corrected chi connectivity index (χ1v) is 14.3. The minimum Gasteiger partial charge on any atom is -0.481 e. The molecular weight excluding hydrogens is 424 g/mol. The van der Waals surface area contributed by atoms with Crippen molar-refractivity contribution < 1.29 is 20.1 Å². The summed E-state index contributed by atoms with van der Waals surface area (Å²) in [6, 6.07) is 0. The van der Waals surface area contributed by atoms with Gasteiger partial charge in [0.1, 0.15) is 0 Å². The Labute approximate surface area is 207 Å². The summed E-state index contributed by atoms with van der Waals surface area (Å²) in [6.07, 6.45) is 10.1. The molecule has 0 aromatic rings. The van der Waals surface area contributed by atoms with Crippen molar-refractivity contribution in [2.75, 3.05) is 6.61 Å². The summed E-state index contributed by atoms with van der Waals surface area (Å²) in [5.41, 5.74) is -0.0203. The zero-order valence-corrected chi connectivity index (χ0v) is 22.6. The van der Waals surface area contributed by atoms with E-state index in [1.165, 1.54) is 19.3 Å². The first-order valence-electron chi connectivity index (χ1n) is 14.3. The minimum absolute atomic E-state index is 0.0375. The van der Waals surface area contributed by atoms with Crippen LogP contribution in [0.5, 0.6) is 0 Å². The molecule has 34 heavy (non-hydrogen) atoms. The Hall–Kier alpha value is -0.610. The normalized spacial score (nSPS) is 54.8. The lowest BCUT2D eigenvalue weighted by Gasteiger charge is -2.72. The molecule has 0 spiro atoms. The van der Waals surface area contributed by atoms with Crippen LogP contribution in [0.25, 0.3) is 0 Å². The van der Waals surface area contributed by atoms with Crippen LogP contribution >= 0.6 is 0 Å². The predicted octanol–water partition coefficient (Wildman–Crippen LogP) is 6.14. The minimum atomic E-state index is -0.584. The van der Waals surface area contributed by atoms with Gasteiger partial charge in [-0.2, -0.15) is 0 Å². The number of hydrogen-bond acceptors (Lipinski definition) is 3. The zero-order valence-electron chi connectivity index (χ0n) is 22.6. The van der Waals surface area contributed by atoms with Crippen LogP contribution in [0.1, 0.15) is 106 Å². The molecular formula is C30H50O4. The van der Waals surface area contributed by atoms with Crippen LogP contribution in [0.15, 0.2) is 0 Å². The van der Waals surface area contributed by atoms with Crippen LogP contribution in [0, 0.1) is 62.6 Å². The van der Waals surface area contributed by atoms with Gasteiger partial charge in [0.05, 0.1) is 11.5 Å². The lowest BCUT2D eigenvalue weighted by molar-refractivity contribution is -0.249. The molecule has 1 unspecified atom stereocenters. The molecule has 0 aliphatic heterocycles. The standard InChI is InChI=1S/C30H50O4/c1-18(17-31)19-9-14-30(25(33)34)16-15-28(5)20(24(19)30)7-8-22-27(4)12-11-23(32)26(2,3)21(27)10-13-29(22,28)6/h18-24,31-32H,7-17H2,1-6H3,(H,33,34)/t18?,19-,20+,21-,22+,23-,24+,27-,28+,29+,30-/m0/s1. The van der Waals surface area contributed by atoms with Crippen molar-refractivity contribution in [3.05, 3.63) is 0 Å². The monoisotopic (exact) mass is 474 g/mol. The summed E-state index contributed by atoms with van der Waals surface area (Å²) in [5, 5.41) is 31.5. The lowest BCUT2D eigenvalue weighted by atomic mass is 9.32. The molecule has 5 saturated carbocycles. The highest BCUT2D eigenvalue weighted by Crippen LogP contribution is 2.77. The molecule has 0 heterocycles. The van der Waals surface area contributed by atoms with E-state index in [0.717, 1.165) is 44.9 Å². The van der Waals surface area contributed by atoms with Crippen LogP contribution in [-0.4, -0.2) is 34.0 Å². The number of hydrogen-bond donors (Lipinski definition) is 3. The Balaban J connectivity index is 1.55. The van der Waals surface area contributed by atoms with Gasteiger partial charge in [0.15, 0.2) is 0 Å². The molecule has 5 fully saturated rings. The molecule has 0 radical (unpaired) electrons.